The lowest BCUT2D eigenvalue weighted by Gasteiger charge is -2.32. The molecule has 1 amide bonds. The first-order chi connectivity index (χ1) is 11.3. The molecular weight excluding hydrogens is 340 g/mol. The van der Waals surface area contributed by atoms with E-state index in [1.54, 1.807) is 11.3 Å². The first-order valence-corrected chi connectivity index (χ1v) is 9.53. The summed E-state index contributed by atoms with van der Waals surface area (Å²) in [5.41, 5.74) is 1.39. The highest BCUT2D eigenvalue weighted by atomic mass is 35.5. The fraction of sp³-hybridized carbons (Fsp3) is 0.526. The van der Waals surface area contributed by atoms with Gasteiger partial charge in [-0.05, 0) is 67.6 Å². The summed E-state index contributed by atoms with van der Waals surface area (Å²) in [5, 5.41) is 6.85. The SMILES string of the molecule is CNCC1CCCN(C(=O)CCCc2csc3ccccc23)C1.Cl. The number of piperidine rings is 1. The van der Waals surface area contributed by atoms with Crippen LogP contribution >= 0.6 is 23.7 Å². The smallest absolute Gasteiger partial charge is 0.222 e. The van der Waals surface area contributed by atoms with E-state index >= 15 is 0 Å². The first-order valence-electron chi connectivity index (χ1n) is 8.65. The number of nitrogens with zero attached hydrogens (tertiary/aromatic N) is 1. The van der Waals surface area contributed by atoms with Crippen LogP contribution in [0.15, 0.2) is 29.6 Å². The van der Waals surface area contributed by atoms with Gasteiger partial charge in [-0.25, -0.2) is 0 Å². The van der Waals surface area contributed by atoms with Crippen molar-refractivity contribution in [3.05, 3.63) is 35.2 Å². The molecule has 1 unspecified atom stereocenters. The molecule has 1 aliphatic heterocycles. The van der Waals surface area contributed by atoms with E-state index in [4.69, 9.17) is 0 Å². The van der Waals surface area contributed by atoms with Gasteiger partial charge < -0.3 is 10.2 Å². The summed E-state index contributed by atoms with van der Waals surface area (Å²) >= 11 is 1.80. The zero-order valence-corrected chi connectivity index (χ0v) is 15.9. The van der Waals surface area contributed by atoms with E-state index in [-0.39, 0.29) is 12.4 Å². The molecule has 24 heavy (non-hydrogen) atoms. The van der Waals surface area contributed by atoms with E-state index in [2.05, 4.69) is 39.9 Å². The van der Waals surface area contributed by atoms with Crippen LogP contribution in [0, 0.1) is 5.92 Å². The Bertz CT molecular complexity index is 656. The highest BCUT2D eigenvalue weighted by Gasteiger charge is 2.22. The van der Waals surface area contributed by atoms with E-state index in [0.29, 0.717) is 18.2 Å². The van der Waals surface area contributed by atoms with E-state index in [9.17, 15) is 4.79 Å². The van der Waals surface area contributed by atoms with Gasteiger partial charge in [-0.2, -0.15) is 0 Å². The second-order valence-electron chi connectivity index (χ2n) is 6.52. The summed E-state index contributed by atoms with van der Waals surface area (Å²) < 4.78 is 1.35. The van der Waals surface area contributed by atoms with Gasteiger partial charge in [0.15, 0.2) is 0 Å². The van der Waals surface area contributed by atoms with Crippen LogP contribution in [0.3, 0.4) is 0 Å². The fourth-order valence-corrected chi connectivity index (χ4v) is 4.56. The van der Waals surface area contributed by atoms with Crippen molar-refractivity contribution >= 4 is 39.7 Å². The third kappa shape index (κ3) is 4.71. The topological polar surface area (TPSA) is 32.3 Å². The van der Waals surface area contributed by atoms with Gasteiger partial charge in [0.2, 0.25) is 5.91 Å². The van der Waals surface area contributed by atoms with Crippen LogP contribution in [0.5, 0.6) is 0 Å². The highest BCUT2D eigenvalue weighted by Crippen LogP contribution is 2.27. The van der Waals surface area contributed by atoms with Crippen LogP contribution in [-0.4, -0.2) is 37.5 Å². The Hall–Kier alpha value is -1.10. The zero-order chi connectivity index (χ0) is 16.1. The molecule has 0 saturated carbocycles. The van der Waals surface area contributed by atoms with Crippen molar-refractivity contribution in [2.24, 2.45) is 5.92 Å². The van der Waals surface area contributed by atoms with Crippen molar-refractivity contribution in [3.8, 4) is 0 Å². The van der Waals surface area contributed by atoms with Gasteiger partial charge in [0.05, 0.1) is 0 Å². The van der Waals surface area contributed by atoms with Crippen molar-refractivity contribution in [1.82, 2.24) is 10.2 Å². The molecule has 0 spiro atoms. The standard InChI is InChI=1S/C19H26N2OS.ClH/c1-20-12-15-6-5-11-21(13-15)19(22)10-4-7-16-14-23-18-9-3-2-8-17(16)18;/h2-3,8-9,14-15,20H,4-7,10-13H2,1H3;1H. The number of halogens is 1. The summed E-state index contributed by atoms with van der Waals surface area (Å²) in [6.45, 7) is 2.89. The second-order valence-corrected chi connectivity index (χ2v) is 7.43. The first kappa shape index (κ1) is 19.2. The zero-order valence-electron chi connectivity index (χ0n) is 14.3. The predicted molar refractivity (Wildman–Crippen MR) is 105 cm³/mol. The van der Waals surface area contributed by atoms with Crippen molar-refractivity contribution in [2.75, 3.05) is 26.7 Å². The number of nitrogens with one attached hydrogen (secondary N) is 1. The Balaban J connectivity index is 0.00000208. The Morgan fingerprint density at radius 3 is 3.04 bits per heavy atom. The Kier molecular flexibility index (Phi) is 7.53. The Morgan fingerprint density at radius 2 is 2.21 bits per heavy atom. The van der Waals surface area contributed by atoms with E-state index in [0.717, 1.165) is 38.9 Å². The maximum absolute atomic E-state index is 12.4. The summed E-state index contributed by atoms with van der Waals surface area (Å²) in [4.78, 5) is 14.5. The molecule has 1 aromatic carbocycles. The van der Waals surface area contributed by atoms with Crippen molar-refractivity contribution < 1.29 is 4.79 Å². The quantitative estimate of drug-likeness (QED) is 0.834. The van der Waals surface area contributed by atoms with Gasteiger partial charge in [-0.15, -0.1) is 23.7 Å². The molecule has 1 aliphatic rings. The van der Waals surface area contributed by atoms with Gasteiger partial charge in [-0.1, -0.05) is 18.2 Å². The summed E-state index contributed by atoms with van der Waals surface area (Å²) in [6, 6.07) is 8.55. The predicted octanol–water partition coefficient (Wildman–Crippen LogP) is 4.10. The number of hydrogen-bond donors (Lipinski definition) is 1. The van der Waals surface area contributed by atoms with Gasteiger partial charge >= 0.3 is 0 Å². The molecule has 0 radical (unpaired) electrons. The van der Waals surface area contributed by atoms with E-state index in [1.807, 2.05) is 7.05 Å². The summed E-state index contributed by atoms with van der Waals surface area (Å²) in [5.74, 6) is 0.962. The monoisotopic (exact) mass is 366 g/mol. The number of benzene rings is 1. The van der Waals surface area contributed by atoms with Crippen LogP contribution in [-0.2, 0) is 11.2 Å². The summed E-state index contributed by atoms with van der Waals surface area (Å²) in [6.07, 6.45) is 5.02. The van der Waals surface area contributed by atoms with Crippen LogP contribution in [0.25, 0.3) is 10.1 Å². The minimum absolute atomic E-state index is 0. The van der Waals surface area contributed by atoms with Gasteiger partial charge in [-0.3, -0.25) is 4.79 Å². The number of likely N-dealkylation sites (tertiary alicyclic amines) is 1. The normalized spacial score (nSPS) is 17.7. The van der Waals surface area contributed by atoms with Crippen LogP contribution < -0.4 is 5.32 Å². The molecule has 2 heterocycles. The molecule has 3 rings (SSSR count). The van der Waals surface area contributed by atoms with Gasteiger partial charge in [0.1, 0.15) is 0 Å². The Morgan fingerprint density at radius 1 is 1.38 bits per heavy atom. The largest absolute Gasteiger partial charge is 0.342 e. The minimum atomic E-state index is 0. The molecule has 1 atom stereocenters. The molecule has 1 N–H and O–H groups in total. The molecule has 1 saturated heterocycles. The van der Waals surface area contributed by atoms with E-state index < -0.39 is 0 Å². The lowest BCUT2D eigenvalue weighted by atomic mass is 9.97. The number of thiophene rings is 1. The van der Waals surface area contributed by atoms with Gasteiger partial charge in [0, 0.05) is 24.2 Å². The Labute approximate surface area is 154 Å². The molecule has 1 aromatic heterocycles. The molecular formula is C19H27ClN2OS. The third-order valence-electron chi connectivity index (χ3n) is 4.76. The fourth-order valence-electron chi connectivity index (χ4n) is 3.56. The minimum Gasteiger partial charge on any atom is -0.342 e. The second kappa shape index (κ2) is 9.40. The van der Waals surface area contributed by atoms with Crippen molar-refractivity contribution in [1.29, 1.82) is 0 Å². The maximum atomic E-state index is 12.4. The third-order valence-corrected chi connectivity index (χ3v) is 5.77. The molecule has 2 aromatic rings. The lowest BCUT2D eigenvalue weighted by molar-refractivity contribution is -0.133. The molecule has 132 valence electrons. The van der Waals surface area contributed by atoms with Crippen molar-refractivity contribution in [2.45, 2.75) is 32.1 Å². The van der Waals surface area contributed by atoms with Gasteiger partial charge in [0.25, 0.3) is 0 Å². The number of aryl methyl sites for hydroxylation is 1. The lowest BCUT2D eigenvalue weighted by Crippen LogP contribution is -2.42. The average Bonchev–Trinajstić information content (AvgIpc) is 2.99. The van der Waals surface area contributed by atoms with Crippen molar-refractivity contribution in [3.63, 3.8) is 0 Å². The molecule has 0 aliphatic carbocycles. The highest BCUT2D eigenvalue weighted by molar-refractivity contribution is 7.17. The number of carbonyl (C=O) groups is 1. The number of amides is 1. The molecule has 1 fully saturated rings. The van der Waals surface area contributed by atoms with Crippen LogP contribution in [0.4, 0.5) is 0 Å². The molecule has 0 bridgehead atoms. The number of fused-ring (bicyclic) bond motifs is 1. The van der Waals surface area contributed by atoms with Crippen LogP contribution in [0.1, 0.15) is 31.2 Å². The van der Waals surface area contributed by atoms with E-state index in [1.165, 1.54) is 22.1 Å². The maximum Gasteiger partial charge on any atom is 0.222 e. The number of hydrogen-bond acceptors (Lipinski definition) is 3. The summed E-state index contributed by atoms with van der Waals surface area (Å²) in [7, 11) is 1.99. The molecule has 5 heteroatoms. The van der Waals surface area contributed by atoms with Crippen LogP contribution in [0.2, 0.25) is 0 Å². The number of carbonyl (C=O) groups excluding carboxylic acids is 1. The average molecular weight is 367 g/mol. The number of rotatable bonds is 6. The molecule has 3 nitrogen and oxygen atoms in total.